The molecule has 4 rings (SSSR count). The lowest BCUT2D eigenvalue weighted by Gasteiger charge is -2.22. The predicted molar refractivity (Wildman–Crippen MR) is 209 cm³/mol. The Bertz CT molecular complexity index is 2170. The number of oxazole rings is 1. The van der Waals surface area contributed by atoms with Gasteiger partial charge in [0.1, 0.15) is 65.9 Å². The molecule has 57 heavy (non-hydrogen) atoms. The fourth-order valence-electron chi connectivity index (χ4n) is 4.83. The number of nitrogens with zero attached hydrogens (tertiary/aromatic N) is 4. The Balaban J connectivity index is 1.50. The number of hydrogen-bond acceptors (Lipinski definition) is 16. The number of thioether (sulfide) groups is 1. The van der Waals surface area contributed by atoms with Crippen molar-refractivity contribution in [3.63, 3.8) is 0 Å². The molecule has 0 aliphatic rings. The van der Waals surface area contributed by atoms with E-state index in [0.29, 0.717) is 22.2 Å². The second kappa shape index (κ2) is 20.1. The van der Waals surface area contributed by atoms with Crippen molar-refractivity contribution in [2.45, 2.75) is 68.7 Å². The molecule has 0 aliphatic heterocycles. The van der Waals surface area contributed by atoms with Crippen molar-refractivity contribution in [3.05, 3.63) is 76.6 Å². The second-order valence-electron chi connectivity index (χ2n) is 12.7. The zero-order valence-corrected chi connectivity index (χ0v) is 32.8. The number of amides is 2. The first-order chi connectivity index (χ1) is 27.1. The van der Waals surface area contributed by atoms with Gasteiger partial charge < -0.3 is 46.5 Å². The van der Waals surface area contributed by atoms with Crippen LogP contribution in [0.15, 0.2) is 64.2 Å². The minimum Gasteiger partial charge on any atom is -0.490 e. The van der Waals surface area contributed by atoms with Crippen LogP contribution in [0.5, 0.6) is 5.75 Å². The van der Waals surface area contributed by atoms with Crippen LogP contribution in [0, 0.1) is 22.7 Å². The zero-order chi connectivity index (χ0) is 41.8. The molecule has 2 heterocycles. The average molecular weight is 818 g/mol. The molecule has 4 aromatic rings. The first-order valence-corrected chi connectivity index (χ1v) is 18.7. The highest BCUT2D eigenvalue weighted by Crippen LogP contribution is 2.37. The van der Waals surface area contributed by atoms with E-state index >= 15 is 0 Å². The highest BCUT2D eigenvalue weighted by atomic mass is 35.5. The lowest BCUT2D eigenvalue weighted by molar-refractivity contribution is -0.163. The second-order valence-corrected chi connectivity index (χ2v) is 14.1. The number of nitriles is 2. The number of pyridine rings is 1. The maximum atomic E-state index is 12.9. The van der Waals surface area contributed by atoms with Crippen LogP contribution >= 0.6 is 23.4 Å². The Morgan fingerprint density at radius 3 is 2.00 bits per heavy atom. The van der Waals surface area contributed by atoms with Crippen molar-refractivity contribution < 1.29 is 37.8 Å². The minimum atomic E-state index is -1.17. The summed E-state index contributed by atoms with van der Waals surface area (Å²) in [7, 11) is 0. The highest BCUT2D eigenvalue weighted by molar-refractivity contribution is 7.98. The van der Waals surface area contributed by atoms with Crippen LogP contribution in [-0.4, -0.2) is 77.2 Å². The van der Waals surface area contributed by atoms with E-state index < -0.39 is 60.6 Å². The Morgan fingerprint density at radius 1 is 0.842 bits per heavy atom. The van der Waals surface area contributed by atoms with E-state index in [2.05, 4.69) is 26.7 Å². The van der Waals surface area contributed by atoms with Crippen molar-refractivity contribution in [2.75, 3.05) is 18.9 Å². The number of nitrogen functional groups attached to an aromatic ring is 1. The monoisotopic (exact) mass is 817 g/mol. The zero-order valence-electron chi connectivity index (χ0n) is 31.3. The van der Waals surface area contributed by atoms with E-state index in [9.17, 15) is 29.7 Å². The SMILES string of the molecule is CC(NC(=O)[C@@H](C)N)C(=O)OC[C@H](COc1ccc(-c2c(C#N)c(N)nc(SCc3coc(-c4ccc(Cl)cc4)n3)c2C#N)cc1)OC(=O)C(C)NC(=O)[C@@H](C)N. The number of aromatic nitrogens is 2. The number of halogens is 1. The average Bonchev–Trinajstić information content (AvgIpc) is 3.66. The van der Waals surface area contributed by atoms with Crippen molar-refractivity contribution in [3.8, 4) is 40.5 Å². The number of ether oxygens (including phenoxy) is 3. The predicted octanol–water partition coefficient (Wildman–Crippen LogP) is 3.21. The molecule has 0 aliphatic carbocycles. The molecule has 2 aromatic heterocycles. The molecule has 0 saturated heterocycles. The van der Waals surface area contributed by atoms with Gasteiger partial charge in [0.25, 0.3) is 0 Å². The molecule has 0 bridgehead atoms. The van der Waals surface area contributed by atoms with Gasteiger partial charge in [0.2, 0.25) is 17.7 Å². The lowest BCUT2D eigenvalue weighted by Crippen LogP contribution is -2.48. The molecule has 2 amide bonds. The summed E-state index contributed by atoms with van der Waals surface area (Å²) < 4.78 is 22.3. The maximum Gasteiger partial charge on any atom is 0.328 e. The van der Waals surface area contributed by atoms with E-state index in [1.807, 2.05) is 6.07 Å². The van der Waals surface area contributed by atoms with Gasteiger partial charge in [-0.3, -0.25) is 9.59 Å². The number of hydrogen-bond donors (Lipinski definition) is 5. The van der Waals surface area contributed by atoms with Crippen LogP contribution in [-0.2, 0) is 34.4 Å². The van der Waals surface area contributed by atoms with E-state index in [-0.39, 0.29) is 45.6 Å². The van der Waals surface area contributed by atoms with Crippen molar-refractivity contribution in [1.29, 1.82) is 10.5 Å². The molecule has 0 fully saturated rings. The van der Waals surface area contributed by atoms with Gasteiger partial charge in [-0.05, 0) is 69.7 Å². The number of nitrogens with one attached hydrogen (secondary N) is 2. The summed E-state index contributed by atoms with van der Waals surface area (Å²) in [5.74, 6) is -1.98. The van der Waals surface area contributed by atoms with E-state index in [1.54, 1.807) is 48.5 Å². The molecule has 17 nitrogen and oxygen atoms in total. The normalized spacial score (nSPS) is 13.4. The fourth-order valence-corrected chi connectivity index (χ4v) is 5.83. The van der Waals surface area contributed by atoms with E-state index in [4.69, 9.17) is 47.4 Å². The van der Waals surface area contributed by atoms with Gasteiger partial charge in [0.05, 0.1) is 23.3 Å². The Labute approximate surface area is 337 Å². The van der Waals surface area contributed by atoms with Crippen LogP contribution in [0.2, 0.25) is 5.02 Å². The molecule has 19 heteroatoms. The third-order valence-electron chi connectivity index (χ3n) is 7.94. The summed E-state index contributed by atoms with van der Waals surface area (Å²) in [6.45, 7) is 4.90. The van der Waals surface area contributed by atoms with Crippen molar-refractivity contribution >= 4 is 52.9 Å². The third-order valence-corrected chi connectivity index (χ3v) is 9.20. The summed E-state index contributed by atoms with van der Waals surface area (Å²) in [5.41, 5.74) is 19.5. The molecule has 5 atom stereocenters. The molecule has 0 saturated carbocycles. The number of rotatable bonds is 17. The summed E-state index contributed by atoms with van der Waals surface area (Å²) in [4.78, 5) is 58.3. The Hall–Kier alpha value is -6.18. The molecule has 0 radical (unpaired) electrons. The summed E-state index contributed by atoms with van der Waals surface area (Å²) in [5, 5.41) is 26.0. The van der Waals surface area contributed by atoms with E-state index in [1.165, 1.54) is 45.7 Å². The third kappa shape index (κ3) is 11.9. The summed E-state index contributed by atoms with van der Waals surface area (Å²) >= 11 is 7.18. The maximum absolute atomic E-state index is 12.9. The molecule has 0 spiro atoms. The number of carbonyl (C=O) groups is 4. The standard InChI is InChI=1S/C38H40ClN9O8S/c1-19(42)33(49)45-21(3)37(51)55-17-28(56-38(52)22(4)46-34(50)20(2)43)16-53-27-11-7-23(8-12-27)31-29(13-40)32(44)48-36(30(31)14-41)57-18-26-15-54-35(47-26)24-5-9-25(39)10-6-24/h5-12,15,19-22,28H,16-18,42-43H2,1-4H3,(H2,44,48)(H,45,49)(H,46,50)/t19-,20-,21?,22?,28+/m1/s1. The number of benzene rings is 2. The molecular formula is C38H40ClN9O8S. The van der Waals surface area contributed by atoms with Crippen LogP contribution in [0.4, 0.5) is 5.82 Å². The van der Waals surface area contributed by atoms with E-state index in [0.717, 1.165) is 5.56 Å². The van der Waals surface area contributed by atoms with Gasteiger partial charge in [0, 0.05) is 21.9 Å². The first-order valence-electron chi connectivity index (χ1n) is 17.3. The fraction of sp³-hybridized carbons (Fsp3) is 0.316. The Morgan fingerprint density at radius 2 is 1.42 bits per heavy atom. The summed E-state index contributed by atoms with van der Waals surface area (Å²) in [6.07, 6.45) is 0.323. The minimum absolute atomic E-state index is 0.00130. The quantitative estimate of drug-likeness (QED) is 0.0755. The number of esters is 2. The van der Waals surface area contributed by atoms with Crippen LogP contribution in [0.25, 0.3) is 22.6 Å². The smallest absolute Gasteiger partial charge is 0.328 e. The molecule has 298 valence electrons. The summed E-state index contributed by atoms with van der Waals surface area (Å²) in [6, 6.07) is 13.6. The molecule has 8 N–H and O–H groups in total. The topological polar surface area (TPSA) is 285 Å². The van der Waals surface area contributed by atoms with Gasteiger partial charge in [-0.2, -0.15) is 10.5 Å². The van der Waals surface area contributed by atoms with Crippen LogP contribution in [0.3, 0.4) is 0 Å². The lowest BCUT2D eigenvalue weighted by atomic mass is 9.97. The van der Waals surface area contributed by atoms with Crippen molar-refractivity contribution in [2.24, 2.45) is 11.5 Å². The first kappa shape index (κ1) is 43.5. The van der Waals surface area contributed by atoms with Gasteiger partial charge in [-0.25, -0.2) is 19.6 Å². The van der Waals surface area contributed by atoms with Crippen LogP contribution < -0.4 is 32.6 Å². The number of carbonyl (C=O) groups excluding carboxylic acids is 4. The van der Waals surface area contributed by atoms with Gasteiger partial charge in [-0.1, -0.05) is 35.5 Å². The van der Waals surface area contributed by atoms with Crippen molar-refractivity contribution in [1.82, 2.24) is 20.6 Å². The number of nitrogens with two attached hydrogens (primary N) is 3. The largest absolute Gasteiger partial charge is 0.490 e. The van der Waals surface area contributed by atoms with Gasteiger partial charge >= 0.3 is 11.9 Å². The molecular weight excluding hydrogens is 778 g/mol. The van der Waals surface area contributed by atoms with Gasteiger partial charge in [-0.15, -0.1) is 0 Å². The van der Waals surface area contributed by atoms with Crippen LogP contribution in [0.1, 0.15) is 44.5 Å². The highest BCUT2D eigenvalue weighted by Gasteiger charge is 2.27. The molecule has 2 aromatic carbocycles. The number of anilines is 1. The Kier molecular flexibility index (Phi) is 15.4. The van der Waals surface area contributed by atoms with Gasteiger partial charge in [0.15, 0.2) is 6.10 Å². The molecule has 2 unspecified atom stereocenters.